The molecule has 0 fully saturated rings. The van der Waals surface area contributed by atoms with Gasteiger partial charge in [0, 0.05) is 11.9 Å². The summed E-state index contributed by atoms with van der Waals surface area (Å²) in [7, 11) is 0. The number of anilines is 1. The monoisotopic (exact) mass is 196 g/mol. The summed E-state index contributed by atoms with van der Waals surface area (Å²) < 4.78 is 0. The summed E-state index contributed by atoms with van der Waals surface area (Å²) in [6, 6.07) is 3.27. The maximum absolute atomic E-state index is 10.3. The van der Waals surface area contributed by atoms with Crippen LogP contribution in [0, 0.1) is 11.8 Å². The zero-order valence-corrected chi connectivity index (χ0v) is 7.78. The van der Waals surface area contributed by atoms with E-state index in [0.717, 1.165) is 10.7 Å². The standard InChI is InChI=1S/C7H8N4OS/c1-5-4-6(2-3-9-5)11(10-12)7(8)13/h2-4H,1H3,(H2,8,13). The summed E-state index contributed by atoms with van der Waals surface area (Å²) in [5, 5.41) is 3.54. The Morgan fingerprint density at radius 1 is 1.77 bits per heavy atom. The predicted octanol–water partition coefficient (Wildman–Crippen LogP) is 1.12. The van der Waals surface area contributed by atoms with Crippen LogP contribution in [-0.2, 0) is 0 Å². The zero-order chi connectivity index (χ0) is 9.84. The lowest BCUT2D eigenvalue weighted by Gasteiger charge is -2.12. The van der Waals surface area contributed by atoms with Gasteiger partial charge in [-0.15, -0.1) is 4.91 Å². The molecule has 1 heterocycles. The van der Waals surface area contributed by atoms with Gasteiger partial charge in [-0.25, -0.2) is 0 Å². The molecule has 0 aliphatic heterocycles. The molecule has 0 amide bonds. The first-order valence-corrected chi connectivity index (χ1v) is 3.91. The van der Waals surface area contributed by atoms with E-state index < -0.39 is 0 Å². The summed E-state index contributed by atoms with van der Waals surface area (Å²) in [5.74, 6) is 0. The average Bonchev–Trinajstić information content (AvgIpc) is 2.04. The number of hydrogen-bond donors (Lipinski definition) is 1. The van der Waals surface area contributed by atoms with Gasteiger partial charge in [-0.05, 0) is 31.3 Å². The highest BCUT2D eigenvalue weighted by atomic mass is 32.1. The highest BCUT2D eigenvalue weighted by Crippen LogP contribution is 2.13. The number of hydrogen-bond acceptors (Lipinski definition) is 4. The van der Waals surface area contributed by atoms with Crippen LogP contribution in [0.1, 0.15) is 5.69 Å². The minimum Gasteiger partial charge on any atom is -0.374 e. The van der Waals surface area contributed by atoms with Crippen LogP contribution in [0.5, 0.6) is 0 Å². The van der Waals surface area contributed by atoms with Crippen LogP contribution in [0.4, 0.5) is 5.69 Å². The topological polar surface area (TPSA) is 71.6 Å². The van der Waals surface area contributed by atoms with Crippen LogP contribution in [0.2, 0.25) is 0 Å². The van der Waals surface area contributed by atoms with E-state index in [-0.39, 0.29) is 5.11 Å². The molecule has 5 nitrogen and oxygen atoms in total. The molecule has 0 aromatic carbocycles. The Labute approximate surface area is 80.5 Å². The van der Waals surface area contributed by atoms with Crippen LogP contribution < -0.4 is 10.7 Å². The first kappa shape index (κ1) is 9.53. The highest BCUT2D eigenvalue weighted by Gasteiger charge is 2.08. The maximum atomic E-state index is 10.3. The van der Waals surface area contributed by atoms with Gasteiger partial charge in [0.05, 0.1) is 11.0 Å². The third-order valence-electron chi connectivity index (χ3n) is 1.42. The van der Waals surface area contributed by atoms with E-state index in [1.165, 1.54) is 0 Å². The molecule has 0 spiro atoms. The van der Waals surface area contributed by atoms with Crippen molar-refractivity contribution in [1.29, 1.82) is 0 Å². The molecule has 0 atom stereocenters. The number of rotatable bonds is 2. The molecule has 6 heteroatoms. The van der Waals surface area contributed by atoms with Gasteiger partial charge in [0.25, 0.3) is 0 Å². The average molecular weight is 196 g/mol. The van der Waals surface area contributed by atoms with E-state index >= 15 is 0 Å². The second-order valence-corrected chi connectivity index (χ2v) is 2.81. The van der Waals surface area contributed by atoms with Crippen molar-refractivity contribution in [3.63, 3.8) is 0 Å². The minimum absolute atomic E-state index is 0.0828. The van der Waals surface area contributed by atoms with Gasteiger partial charge in [0.1, 0.15) is 0 Å². The zero-order valence-electron chi connectivity index (χ0n) is 6.97. The van der Waals surface area contributed by atoms with Gasteiger partial charge < -0.3 is 5.73 Å². The predicted molar refractivity (Wildman–Crippen MR) is 54.0 cm³/mol. The van der Waals surface area contributed by atoms with Crippen LogP contribution in [0.15, 0.2) is 23.6 Å². The van der Waals surface area contributed by atoms with E-state index in [0.29, 0.717) is 5.69 Å². The SMILES string of the molecule is Cc1cc(N(N=O)C(N)=S)ccn1. The second-order valence-electron chi connectivity index (χ2n) is 2.39. The van der Waals surface area contributed by atoms with Crippen molar-refractivity contribution in [2.75, 3.05) is 5.01 Å². The lowest BCUT2D eigenvalue weighted by Crippen LogP contribution is -2.30. The number of nitroso groups, excluding NO2 is 1. The first-order chi connectivity index (χ1) is 6.15. The molecule has 0 aliphatic carbocycles. The Hall–Kier alpha value is -1.56. The van der Waals surface area contributed by atoms with Gasteiger partial charge in [-0.1, -0.05) is 0 Å². The molecule has 0 saturated carbocycles. The summed E-state index contributed by atoms with van der Waals surface area (Å²) in [5.41, 5.74) is 6.56. The molecule has 1 rings (SSSR count). The van der Waals surface area contributed by atoms with E-state index in [2.05, 4.69) is 22.5 Å². The molecule has 0 unspecified atom stereocenters. The van der Waals surface area contributed by atoms with Gasteiger partial charge in [0.2, 0.25) is 0 Å². The summed E-state index contributed by atoms with van der Waals surface area (Å²) in [6.45, 7) is 1.80. The normalized spacial score (nSPS) is 9.31. The number of aromatic nitrogens is 1. The van der Waals surface area contributed by atoms with Crippen molar-refractivity contribution < 1.29 is 0 Å². The molecule has 68 valence electrons. The van der Waals surface area contributed by atoms with Crippen molar-refractivity contribution in [1.82, 2.24) is 4.98 Å². The second kappa shape index (κ2) is 3.90. The molecule has 13 heavy (non-hydrogen) atoms. The molecule has 0 aliphatic rings. The smallest absolute Gasteiger partial charge is 0.194 e. The summed E-state index contributed by atoms with van der Waals surface area (Å²) >= 11 is 4.63. The Kier molecular flexibility index (Phi) is 2.86. The quantitative estimate of drug-likeness (QED) is 0.436. The van der Waals surface area contributed by atoms with Crippen molar-refractivity contribution in [2.45, 2.75) is 6.92 Å². The van der Waals surface area contributed by atoms with E-state index in [1.54, 1.807) is 25.3 Å². The van der Waals surface area contributed by atoms with Gasteiger partial charge in [-0.2, -0.15) is 5.01 Å². The fourth-order valence-corrected chi connectivity index (χ4v) is 1.02. The number of pyridine rings is 1. The Morgan fingerprint density at radius 2 is 2.46 bits per heavy atom. The molecular formula is C7H8N4OS. The molecule has 1 aromatic heterocycles. The van der Waals surface area contributed by atoms with Gasteiger partial charge in [-0.3, -0.25) is 4.98 Å². The third kappa shape index (κ3) is 2.19. The van der Waals surface area contributed by atoms with Crippen molar-refractivity contribution in [3.8, 4) is 0 Å². The van der Waals surface area contributed by atoms with Gasteiger partial charge >= 0.3 is 0 Å². The van der Waals surface area contributed by atoms with Crippen LogP contribution >= 0.6 is 12.2 Å². The summed E-state index contributed by atoms with van der Waals surface area (Å²) in [4.78, 5) is 14.3. The Balaban J connectivity index is 3.04. The van der Waals surface area contributed by atoms with Crippen LogP contribution in [-0.4, -0.2) is 10.1 Å². The van der Waals surface area contributed by atoms with E-state index in [1.807, 2.05) is 0 Å². The van der Waals surface area contributed by atoms with Crippen molar-refractivity contribution >= 4 is 23.0 Å². The first-order valence-electron chi connectivity index (χ1n) is 3.50. The highest BCUT2D eigenvalue weighted by molar-refractivity contribution is 7.80. The fraction of sp³-hybridized carbons (Fsp3) is 0.143. The number of nitrogens with zero attached hydrogens (tertiary/aromatic N) is 3. The minimum atomic E-state index is -0.0828. The molecule has 2 N–H and O–H groups in total. The molecule has 0 saturated heterocycles. The number of nitrogens with two attached hydrogens (primary N) is 1. The van der Waals surface area contributed by atoms with Crippen molar-refractivity contribution in [3.05, 3.63) is 28.9 Å². The number of aryl methyl sites for hydroxylation is 1. The van der Waals surface area contributed by atoms with E-state index in [9.17, 15) is 4.91 Å². The van der Waals surface area contributed by atoms with Crippen molar-refractivity contribution in [2.24, 2.45) is 11.0 Å². The molecule has 1 aromatic rings. The van der Waals surface area contributed by atoms with Crippen LogP contribution in [0.25, 0.3) is 0 Å². The van der Waals surface area contributed by atoms with E-state index in [4.69, 9.17) is 5.73 Å². The number of thiocarbonyl (C=S) groups is 1. The lowest BCUT2D eigenvalue weighted by molar-refractivity contribution is 1.09. The summed E-state index contributed by atoms with van der Waals surface area (Å²) in [6.07, 6.45) is 1.56. The lowest BCUT2D eigenvalue weighted by atomic mass is 10.3. The molecule has 0 bridgehead atoms. The van der Waals surface area contributed by atoms with Gasteiger partial charge in [0.15, 0.2) is 5.11 Å². The van der Waals surface area contributed by atoms with Crippen LogP contribution in [0.3, 0.4) is 0 Å². The molecule has 0 radical (unpaired) electrons. The fourth-order valence-electron chi connectivity index (χ4n) is 0.877. The Bertz CT molecular complexity index is 341. The largest absolute Gasteiger partial charge is 0.374 e. The Morgan fingerprint density at radius 3 is 2.92 bits per heavy atom. The third-order valence-corrected chi connectivity index (χ3v) is 1.59. The molecular weight excluding hydrogens is 188 g/mol. The maximum Gasteiger partial charge on any atom is 0.194 e.